The molecule has 0 bridgehead atoms. The van der Waals surface area contributed by atoms with Gasteiger partial charge in [-0.2, -0.15) is 0 Å². The van der Waals surface area contributed by atoms with Crippen LogP contribution < -0.4 is 0 Å². The third-order valence-electron chi connectivity index (χ3n) is 4.93. The Morgan fingerprint density at radius 1 is 1.07 bits per heavy atom. The lowest BCUT2D eigenvalue weighted by Crippen LogP contribution is -2.38. The normalized spacial score (nSPS) is 13.0. The molecule has 28 heavy (non-hydrogen) atoms. The van der Waals surface area contributed by atoms with Crippen LogP contribution in [0.25, 0.3) is 0 Å². The zero-order valence-electron chi connectivity index (χ0n) is 16.3. The standard InChI is InChI=1S/C21H24N2O5/c1-4-27-21(26)19-13(2)18(14(3)22-19)20(25)28-12-17(24)23-10-9-15-7-5-6-8-16(15)11-23/h5-8,22H,4,9-12H2,1-3H3. The molecule has 1 aliphatic rings. The van der Waals surface area contributed by atoms with Gasteiger partial charge in [0.05, 0.1) is 12.2 Å². The minimum absolute atomic E-state index is 0.227. The maximum atomic E-state index is 12.5. The monoisotopic (exact) mass is 384 g/mol. The van der Waals surface area contributed by atoms with Crippen LogP contribution in [0.15, 0.2) is 24.3 Å². The highest BCUT2D eigenvalue weighted by Gasteiger charge is 2.26. The summed E-state index contributed by atoms with van der Waals surface area (Å²) in [7, 11) is 0. The molecule has 0 atom stereocenters. The molecule has 0 spiro atoms. The van der Waals surface area contributed by atoms with Gasteiger partial charge in [0.15, 0.2) is 6.61 Å². The summed E-state index contributed by atoms with van der Waals surface area (Å²) in [6.07, 6.45) is 0.786. The number of esters is 2. The van der Waals surface area contributed by atoms with Gasteiger partial charge in [-0.15, -0.1) is 0 Å². The van der Waals surface area contributed by atoms with E-state index in [1.807, 2.05) is 18.2 Å². The Kier molecular flexibility index (Phi) is 5.82. The quantitative estimate of drug-likeness (QED) is 0.801. The highest BCUT2D eigenvalue weighted by molar-refractivity contribution is 5.99. The van der Waals surface area contributed by atoms with Crippen molar-refractivity contribution in [2.45, 2.75) is 33.7 Å². The lowest BCUT2D eigenvalue weighted by molar-refractivity contribution is -0.135. The van der Waals surface area contributed by atoms with E-state index < -0.39 is 11.9 Å². The van der Waals surface area contributed by atoms with Crippen LogP contribution in [-0.4, -0.2) is 47.5 Å². The number of aromatic amines is 1. The largest absolute Gasteiger partial charge is 0.461 e. The summed E-state index contributed by atoms with van der Waals surface area (Å²) in [5, 5.41) is 0. The number of carbonyl (C=O) groups is 3. The summed E-state index contributed by atoms with van der Waals surface area (Å²) in [4.78, 5) is 41.5. The molecule has 0 saturated heterocycles. The van der Waals surface area contributed by atoms with Gasteiger partial charge in [-0.05, 0) is 43.9 Å². The Morgan fingerprint density at radius 3 is 2.50 bits per heavy atom. The van der Waals surface area contributed by atoms with E-state index >= 15 is 0 Å². The minimum atomic E-state index is -0.632. The van der Waals surface area contributed by atoms with E-state index in [9.17, 15) is 14.4 Å². The third kappa shape index (κ3) is 3.93. The van der Waals surface area contributed by atoms with Crippen molar-refractivity contribution in [3.05, 3.63) is 57.9 Å². The highest BCUT2D eigenvalue weighted by Crippen LogP contribution is 2.21. The van der Waals surface area contributed by atoms with Gasteiger partial charge in [-0.1, -0.05) is 24.3 Å². The van der Waals surface area contributed by atoms with E-state index in [-0.39, 0.29) is 30.4 Å². The Hall–Kier alpha value is -3.09. The number of ether oxygens (including phenoxy) is 2. The summed E-state index contributed by atoms with van der Waals surface area (Å²) in [5.74, 6) is -1.39. The fourth-order valence-electron chi connectivity index (χ4n) is 3.46. The molecule has 1 aliphatic heterocycles. The topological polar surface area (TPSA) is 88.7 Å². The van der Waals surface area contributed by atoms with E-state index in [0.717, 1.165) is 12.0 Å². The van der Waals surface area contributed by atoms with Crippen molar-refractivity contribution >= 4 is 17.8 Å². The van der Waals surface area contributed by atoms with Crippen molar-refractivity contribution in [2.75, 3.05) is 19.8 Å². The van der Waals surface area contributed by atoms with Crippen LogP contribution in [0.4, 0.5) is 0 Å². The van der Waals surface area contributed by atoms with Gasteiger partial charge in [0.1, 0.15) is 5.69 Å². The van der Waals surface area contributed by atoms with E-state index in [2.05, 4.69) is 11.1 Å². The minimum Gasteiger partial charge on any atom is -0.461 e. The number of hydrogen-bond donors (Lipinski definition) is 1. The number of rotatable bonds is 5. The first-order valence-corrected chi connectivity index (χ1v) is 9.30. The average Bonchev–Trinajstić information content (AvgIpc) is 3.00. The number of fused-ring (bicyclic) bond motifs is 1. The lowest BCUT2D eigenvalue weighted by atomic mass is 10.00. The fourth-order valence-corrected chi connectivity index (χ4v) is 3.46. The SMILES string of the molecule is CCOC(=O)c1[nH]c(C)c(C(=O)OCC(=O)N2CCc3ccccc3C2)c1C. The number of hydrogen-bond acceptors (Lipinski definition) is 5. The number of aromatic nitrogens is 1. The van der Waals surface area contributed by atoms with Gasteiger partial charge in [0.2, 0.25) is 0 Å². The number of nitrogens with one attached hydrogen (secondary N) is 1. The molecule has 148 valence electrons. The van der Waals surface area contributed by atoms with E-state index in [1.54, 1.807) is 25.7 Å². The molecule has 0 saturated carbocycles. The van der Waals surface area contributed by atoms with Crippen molar-refractivity contribution in [3.63, 3.8) is 0 Å². The molecular formula is C21H24N2O5. The Morgan fingerprint density at radius 2 is 1.79 bits per heavy atom. The number of benzene rings is 1. The molecule has 0 unspecified atom stereocenters. The van der Waals surface area contributed by atoms with Crippen LogP contribution in [0.1, 0.15) is 50.2 Å². The molecule has 1 amide bonds. The van der Waals surface area contributed by atoms with Gasteiger partial charge in [0.25, 0.3) is 5.91 Å². The Balaban J connectivity index is 1.63. The predicted molar refractivity (Wildman–Crippen MR) is 102 cm³/mol. The number of carbonyl (C=O) groups excluding carboxylic acids is 3. The average molecular weight is 384 g/mol. The zero-order chi connectivity index (χ0) is 20.3. The first-order valence-electron chi connectivity index (χ1n) is 9.30. The summed E-state index contributed by atoms with van der Waals surface area (Å²) in [6, 6.07) is 8.01. The second kappa shape index (κ2) is 8.29. The molecule has 1 N–H and O–H groups in total. The lowest BCUT2D eigenvalue weighted by Gasteiger charge is -2.28. The summed E-state index contributed by atoms with van der Waals surface area (Å²) < 4.78 is 10.2. The molecular weight excluding hydrogens is 360 g/mol. The molecule has 7 nitrogen and oxygen atoms in total. The first-order chi connectivity index (χ1) is 13.4. The van der Waals surface area contributed by atoms with Crippen LogP contribution in [0.5, 0.6) is 0 Å². The predicted octanol–water partition coefficient (Wildman–Crippen LogP) is 2.55. The first kappa shape index (κ1) is 19.7. The zero-order valence-corrected chi connectivity index (χ0v) is 16.3. The summed E-state index contributed by atoms with van der Waals surface area (Å²) >= 11 is 0. The van der Waals surface area contributed by atoms with Crippen LogP contribution >= 0.6 is 0 Å². The van der Waals surface area contributed by atoms with Gasteiger partial charge in [-0.25, -0.2) is 9.59 Å². The molecule has 2 aromatic rings. The Bertz CT molecular complexity index is 916. The third-order valence-corrected chi connectivity index (χ3v) is 4.93. The van der Waals surface area contributed by atoms with E-state index in [0.29, 0.717) is 24.3 Å². The second-order valence-corrected chi connectivity index (χ2v) is 6.76. The van der Waals surface area contributed by atoms with E-state index in [1.165, 1.54) is 5.56 Å². The van der Waals surface area contributed by atoms with E-state index in [4.69, 9.17) is 9.47 Å². The number of aryl methyl sites for hydroxylation is 1. The molecule has 0 radical (unpaired) electrons. The maximum Gasteiger partial charge on any atom is 0.355 e. The second-order valence-electron chi connectivity index (χ2n) is 6.76. The smallest absolute Gasteiger partial charge is 0.355 e. The molecule has 0 aliphatic carbocycles. The number of H-pyrrole nitrogens is 1. The molecule has 7 heteroatoms. The van der Waals surface area contributed by atoms with Gasteiger partial charge in [0, 0.05) is 18.8 Å². The fraction of sp³-hybridized carbons (Fsp3) is 0.381. The number of nitrogens with zero attached hydrogens (tertiary/aromatic N) is 1. The molecule has 0 fully saturated rings. The highest BCUT2D eigenvalue weighted by atomic mass is 16.5. The van der Waals surface area contributed by atoms with Gasteiger partial charge >= 0.3 is 11.9 Å². The summed E-state index contributed by atoms with van der Waals surface area (Å²) in [6.45, 7) is 6.06. The van der Waals surface area contributed by atoms with Crippen LogP contribution in [-0.2, 0) is 27.2 Å². The Labute approximate surface area is 163 Å². The van der Waals surface area contributed by atoms with Crippen molar-refractivity contribution in [2.24, 2.45) is 0 Å². The van der Waals surface area contributed by atoms with Crippen molar-refractivity contribution in [1.82, 2.24) is 9.88 Å². The van der Waals surface area contributed by atoms with Crippen LogP contribution in [0.3, 0.4) is 0 Å². The van der Waals surface area contributed by atoms with Crippen LogP contribution in [0.2, 0.25) is 0 Å². The molecule has 3 rings (SSSR count). The number of amides is 1. The summed E-state index contributed by atoms with van der Waals surface area (Å²) in [5.41, 5.74) is 3.81. The molecule has 2 heterocycles. The molecule has 1 aromatic heterocycles. The van der Waals surface area contributed by atoms with Gasteiger partial charge < -0.3 is 19.4 Å². The van der Waals surface area contributed by atoms with Crippen LogP contribution in [0, 0.1) is 13.8 Å². The van der Waals surface area contributed by atoms with Crippen molar-refractivity contribution in [3.8, 4) is 0 Å². The molecule has 1 aromatic carbocycles. The van der Waals surface area contributed by atoms with Gasteiger partial charge in [-0.3, -0.25) is 4.79 Å². The maximum absolute atomic E-state index is 12.5. The van der Waals surface area contributed by atoms with Crippen molar-refractivity contribution in [1.29, 1.82) is 0 Å². The van der Waals surface area contributed by atoms with Crippen molar-refractivity contribution < 1.29 is 23.9 Å².